The fourth-order valence-corrected chi connectivity index (χ4v) is 1.60. The number of rotatable bonds is 3. The van der Waals surface area contributed by atoms with Crippen molar-refractivity contribution in [1.29, 1.82) is 0 Å². The van der Waals surface area contributed by atoms with Crippen molar-refractivity contribution >= 4 is 34.6 Å². The van der Waals surface area contributed by atoms with Crippen molar-refractivity contribution in [2.24, 2.45) is 0 Å². The molecule has 0 atom stereocenters. The van der Waals surface area contributed by atoms with Crippen LogP contribution in [0.4, 0.5) is 4.39 Å². The van der Waals surface area contributed by atoms with Crippen LogP contribution >= 0.6 is 23.4 Å². The van der Waals surface area contributed by atoms with E-state index >= 15 is 0 Å². The molecule has 15 heavy (non-hydrogen) atoms. The molecular weight excluding hydrogens is 235 g/mol. The molecule has 0 aliphatic carbocycles. The van der Waals surface area contributed by atoms with Crippen LogP contribution in [0.15, 0.2) is 24.3 Å². The number of halogens is 2. The van der Waals surface area contributed by atoms with Crippen LogP contribution in [0.3, 0.4) is 0 Å². The van der Waals surface area contributed by atoms with Gasteiger partial charge in [0.15, 0.2) is 5.12 Å². The summed E-state index contributed by atoms with van der Waals surface area (Å²) in [6.45, 7) is 1.50. The Balaban J connectivity index is 2.64. The SMILES string of the molecule is CC(=O)SCC=Cc1cccc(Cl)c1F. The van der Waals surface area contributed by atoms with E-state index in [1.165, 1.54) is 24.8 Å². The molecule has 0 aliphatic heterocycles. The maximum absolute atomic E-state index is 13.3. The minimum atomic E-state index is -0.428. The van der Waals surface area contributed by atoms with Crippen molar-refractivity contribution in [2.45, 2.75) is 6.92 Å². The molecule has 0 fully saturated rings. The van der Waals surface area contributed by atoms with E-state index in [0.717, 1.165) is 0 Å². The minimum Gasteiger partial charge on any atom is -0.288 e. The lowest BCUT2D eigenvalue weighted by Crippen LogP contribution is -1.84. The first-order chi connectivity index (χ1) is 7.11. The molecule has 1 aromatic carbocycles. The molecule has 0 aliphatic rings. The highest BCUT2D eigenvalue weighted by molar-refractivity contribution is 8.13. The molecule has 80 valence electrons. The first-order valence-corrected chi connectivity index (χ1v) is 5.71. The van der Waals surface area contributed by atoms with Crippen molar-refractivity contribution < 1.29 is 9.18 Å². The van der Waals surface area contributed by atoms with Crippen LogP contribution < -0.4 is 0 Å². The molecule has 0 N–H and O–H groups in total. The lowest BCUT2D eigenvalue weighted by atomic mass is 10.2. The number of benzene rings is 1. The Morgan fingerprint density at radius 3 is 3.00 bits per heavy atom. The molecule has 1 aromatic rings. The van der Waals surface area contributed by atoms with Gasteiger partial charge < -0.3 is 0 Å². The Bertz CT molecular complexity index is 390. The van der Waals surface area contributed by atoms with Crippen molar-refractivity contribution in [2.75, 3.05) is 5.75 Å². The van der Waals surface area contributed by atoms with Crippen LogP contribution in [-0.4, -0.2) is 10.9 Å². The van der Waals surface area contributed by atoms with Crippen molar-refractivity contribution in [3.63, 3.8) is 0 Å². The molecular formula is C11H10ClFOS. The standard InChI is InChI=1S/C11H10ClFOS/c1-8(14)15-7-3-5-9-4-2-6-10(12)11(9)13/h2-6H,7H2,1H3. The average molecular weight is 245 g/mol. The van der Waals surface area contributed by atoms with Gasteiger partial charge in [-0.2, -0.15) is 0 Å². The highest BCUT2D eigenvalue weighted by Crippen LogP contribution is 2.19. The van der Waals surface area contributed by atoms with Gasteiger partial charge in [-0.3, -0.25) is 4.79 Å². The summed E-state index contributed by atoms with van der Waals surface area (Å²) in [6.07, 6.45) is 3.36. The third-order valence-corrected chi connectivity index (χ3v) is 2.72. The molecule has 0 saturated carbocycles. The smallest absolute Gasteiger partial charge is 0.186 e. The first kappa shape index (κ1) is 12.3. The van der Waals surface area contributed by atoms with E-state index in [2.05, 4.69) is 0 Å². The Morgan fingerprint density at radius 2 is 2.33 bits per heavy atom. The van der Waals surface area contributed by atoms with Crippen molar-refractivity contribution in [3.8, 4) is 0 Å². The van der Waals surface area contributed by atoms with Crippen LogP contribution in [0.2, 0.25) is 5.02 Å². The summed E-state index contributed by atoms with van der Waals surface area (Å²) in [4.78, 5) is 10.6. The predicted octanol–water partition coefficient (Wildman–Crippen LogP) is 3.77. The Labute approximate surface area is 97.3 Å². The minimum absolute atomic E-state index is 0.0474. The molecule has 0 radical (unpaired) electrons. The second kappa shape index (κ2) is 5.93. The monoisotopic (exact) mass is 244 g/mol. The summed E-state index contributed by atoms with van der Waals surface area (Å²) in [7, 11) is 0. The van der Waals surface area contributed by atoms with Gasteiger partial charge in [-0.15, -0.1) is 0 Å². The van der Waals surface area contributed by atoms with Gasteiger partial charge in [0, 0.05) is 18.2 Å². The van der Waals surface area contributed by atoms with E-state index in [1.807, 2.05) is 0 Å². The van der Waals surface area contributed by atoms with Crippen LogP contribution in [-0.2, 0) is 4.79 Å². The van der Waals surface area contributed by atoms with Crippen LogP contribution in [0, 0.1) is 5.82 Å². The Morgan fingerprint density at radius 1 is 1.60 bits per heavy atom. The van der Waals surface area contributed by atoms with Gasteiger partial charge in [-0.05, 0) is 6.07 Å². The number of carbonyl (C=O) groups excluding carboxylic acids is 1. The lowest BCUT2D eigenvalue weighted by molar-refractivity contribution is -0.109. The number of thioether (sulfide) groups is 1. The fraction of sp³-hybridized carbons (Fsp3) is 0.182. The summed E-state index contributed by atoms with van der Waals surface area (Å²) in [5, 5.41) is 0.155. The summed E-state index contributed by atoms with van der Waals surface area (Å²) in [6, 6.07) is 4.82. The third-order valence-electron chi connectivity index (χ3n) is 1.66. The molecule has 0 heterocycles. The van der Waals surface area contributed by atoms with Gasteiger partial charge >= 0.3 is 0 Å². The Kier molecular flexibility index (Phi) is 4.85. The van der Waals surface area contributed by atoms with E-state index < -0.39 is 5.82 Å². The van der Waals surface area contributed by atoms with Gasteiger partial charge in [0.2, 0.25) is 0 Å². The molecule has 0 bridgehead atoms. The van der Waals surface area contributed by atoms with Crippen molar-refractivity contribution in [1.82, 2.24) is 0 Å². The fourth-order valence-electron chi connectivity index (χ4n) is 0.990. The molecule has 0 saturated heterocycles. The second-order valence-electron chi connectivity index (χ2n) is 2.85. The third kappa shape index (κ3) is 4.06. The van der Waals surface area contributed by atoms with Crippen LogP contribution in [0.25, 0.3) is 6.08 Å². The molecule has 0 aromatic heterocycles. The normalized spacial score (nSPS) is 10.9. The summed E-state index contributed by atoms with van der Waals surface area (Å²) in [5.41, 5.74) is 0.437. The zero-order valence-electron chi connectivity index (χ0n) is 8.17. The maximum atomic E-state index is 13.3. The lowest BCUT2D eigenvalue weighted by Gasteiger charge is -1.98. The number of hydrogen-bond donors (Lipinski definition) is 0. The zero-order valence-corrected chi connectivity index (χ0v) is 9.74. The van der Waals surface area contributed by atoms with Crippen LogP contribution in [0.5, 0.6) is 0 Å². The first-order valence-electron chi connectivity index (χ1n) is 4.35. The molecule has 0 unspecified atom stereocenters. The molecule has 1 rings (SSSR count). The van der Waals surface area contributed by atoms with Crippen LogP contribution in [0.1, 0.15) is 12.5 Å². The molecule has 0 amide bonds. The molecule has 0 spiro atoms. The largest absolute Gasteiger partial charge is 0.288 e. The number of hydrogen-bond acceptors (Lipinski definition) is 2. The second-order valence-corrected chi connectivity index (χ2v) is 4.45. The Hall–Kier alpha value is -0.800. The van der Waals surface area contributed by atoms with Crippen molar-refractivity contribution in [3.05, 3.63) is 40.7 Å². The highest BCUT2D eigenvalue weighted by atomic mass is 35.5. The summed E-state index contributed by atoms with van der Waals surface area (Å²) >= 11 is 6.79. The zero-order chi connectivity index (χ0) is 11.3. The van der Waals surface area contributed by atoms with Gasteiger partial charge in [0.25, 0.3) is 0 Å². The van der Waals surface area contributed by atoms with Gasteiger partial charge in [-0.25, -0.2) is 4.39 Å². The average Bonchev–Trinajstić information content (AvgIpc) is 2.18. The maximum Gasteiger partial charge on any atom is 0.186 e. The highest BCUT2D eigenvalue weighted by Gasteiger charge is 2.02. The quantitative estimate of drug-likeness (QED) is 0.805. The van der Waals surface area contributed by atoms with Gasteiger partial charge in [0.1, 0.15) is 5.82 Å². The van der Waals surface area contributed by atoms with E-state index in [0.29, 0.717) is 11.3 Å². The molecule has 1 nitrogen and oxygen atoms in total. The summed E-state index contributed by atoms with van der Waals surface area (Å²) < 4.78 is 13.3. The van der Waals surface area contributed by atoms with E-state index in [-0.39, 0.29) is 10.1 Å². The van der Waals surface area contributed by atoms with Gasteiger partial charge in [-0.1, -0.05) is 47.6 Å². The van der Waals surface area contributed by atoms with E-state index in [9.17, 15) is 9.18 Å². The van der Waals surface area contributed by atoms with E-state index in [4.69, 9.17) is 11.6 Å². The van der Waals surface area contributed by atoms with E-state index in [1.54, 1.807) is 24.3 Å². The van der Waals surface area contributed by atoms with Gasteiger partial charge in [0.05, 0.1) is 5.02 Å². The molecule has 4 heteroatoms. The topological polar surface area (TPSA) is 17.1 Å². The summed E-state index contributed by atoms with van der Waals surface area (Å²) in [5.74, 6) is 0.115. The predicted molar refractivity (Wildman–Crippen MR) is 63.6 cm³/mol. The number of carbonyl (C=O) groups is 1.